The molecule has 0 bridgehead atoms. The lowest BCUT2D eigenvalue weighted by atomic mass is 10.2. The third-order valence-electron chi connectivity index (χ3n) is 2.53. The molecule has 0 aliphatic carbocycles. The van der Waals surface area contributed by atoms with Crippen LogP contribution in [0.1, 0.15) is 25.7 Å². The van der Waals surface area contributed by atoms with Gasteiger partial charge in [0.15, 0.2) is 0 Å². The minimum atomic E-state index is 1.11. The molecule has 1 aromatic rings. The molecule has 1 nitrogen and oxygen atoms in total. The van der Waals surface area contributed by atoms with Crippen LogP contribution in [0.2, 0.25) is 0 Å². The van der Waals surface area contributed by atoms with Crippen LogP contribution in [0.5, 0.6) is 0 Å². The van der Waals surface area contributed by atoms with Crippen LogP contribution < -0.4 is 5.32 Å². The number of hydrogen-bond acceptors (Lipinski definition) is 2. The maximum atomic E-state index is 3.50. The Bertz CT molecular complexity index is 266. The molecular formula is C14H22BrNS. The van der Waals surface area contributed by atoms with Crippen molar-refractivity contribution >= 4 is 27.7 Å². The Balaban J connectivity index is 1.85. The molecule has 0 saturated carbocycles. The first-order chi connectivity index (χ1) is 8.43. The van der Waals surface area contributed by atoms with Gasteiger partial charge in [0.05, 0.1) is 0 Å². The lowest BCUT2D eigenvalue weighted by Gasteiger charge is -2.04. The molecule has 0 amide bonds. The third-order valence-corrected chi connectivity index (χ3v) is 4.10. The van der Waals surface area contributed by atoms with Crippen molar-refractivity contribution in [2.24, 2.45) is 0 Å². The number of halogens is 1. The van der Waals surface area contributed by atoms with E-state index in [1.165, 1.54) is 30.6 Å². The van der Waals surface area contributed by atoms with Gasteiger partial charge in [-0.05, 0) is 31.5 Å². The lowest BCUT2D eigenvalue weighted by molar-refractivity contribution is 0.615. The average Bonchev–Trinajstić information content (AvgIpc) is 2.38. The maximum Gasteiger partial charge on any atom is 0.0106 e. The highest BCUT2D eigenvalue weighted by atomic mass is 79.9. The molecule has 0 spiro atoms. The predicted octanol–water partition coefficient (Wildman–Crippen LogP) is 4.32. The van der Waals surface area contributed by atoms with Crippen LogP contribution in [-0.2, 0) is 0 Å². The molecule has 0 atom stereocenters. The van der Waals surface area contributed by atoms with Gasteiger partial charge < -0.3 is 5.32 Å². The van der Waals surface area contributed by atoms with E-state index in [1.54, 1.807) is 0 Å². The smallest absolute Gasteiger partial charge is 0.0106 e. The monoisotopic (exact) mass is 315 g/mol. The summed E-state index contributed by atoms with van der Waals surface area (Å²) in [6.45, 7) is 2.27. The Morgan fingerprint density at radius 1 is 0.941 bits per heavy atom. The van der Waals surface area contributed by atoms with Crippen molar-refractivity contribution in [3.05, 3.63) is 30.3 Å². The Morgan fingerprint density at radius 3 is 2.47 bits per heavy atom. The molecular weight excluding hydrogens is 294 g/mol. The summed E-state index contributed by atoms with van der Waals surface area (Å²) >= 11 is 5.38. The van der Waals surface area contributed by atoms with E-state index < -0.39 is 0 Å². The van der Waals surface area contributed by atoms with E-state index >= 15 is 0 Å². The number of alkyl halides is 1. The molecule has 1 N–H and O–H groups in total. The molecule has 0 unspecified atom stereocenters. The topological polar surface area (TPSA) is 12.0 Å². The molecule has 1 aromatic carbocycles. The first-order valence-electron chi connectivity index (χ1n) is 6.38. The van der Waals surface area contributed by atoms with Gasteiger partial charge in [-0.15, -0.1) is 11.8 Å². The van der Waals surface area contributed by atoms with E-state index in [0.29, 0.717) is 0 Å². The van der Waals surface area contributed by atoms with Crippen molar-refractivity contribution in [1.82, 2.24) is 5.32 Å². The third kappa shape index (κ3) is 8.70. The van der Waals surface area contributed by atoms with Crippen molar-refractivity contribution in [3.8, 4) is 0 Å². The Kier molecular flexibility index (Phi) is 9.86. The fourth-order valence-corrected chi connectivity index (χ4v) is 2.81. The summed E-state index contributed by atoms with van der Waals surface area (Å²) < 4.78 is 0. The second kappa shape index (κ2) is 11.1. The zero-order valence-electron chi connectivity index (χ0n) is 10.3. The van der Waals surface area contributed by atoms with Crippen LogP contribution >= 0.6 is 27.7 Å². The molecule has 0 fully saturated rings. The molecule has 96 valence electrons. The van der Waals surface area contributed by atoms with Gasteiger partial charge >= 0.3 is 0 Å². The second-order valence-corrected chi connectivity index (χ2v) is 5.98. The molecule has 0 aliphatic heterocycles. The van der Waals surface area contributed by atoms with Gasteiger partial charge in [-0.2, -0.15) is 0 Å². The second-order valence-electron chi connectivity index (χ2n) is 4.01. The molecule has 3 heteroatoms. The highest BCUT2D eigenvalue weighted by molar-refractivity contribution is 9.09. The summed E-state index contributed by atoms with van der Waals surface area (Å²) in [4.78, 5) is 1.37. The van der Waals surface area contributed by atoms with E-state index in [1.807, 2.05) is 11.8 Å². The van der Waals surface area contributed by atoms with Crippen molar-refractivity contribution in [3.63, 3.8) is 0 Å². The number of unbranched alkanes of at least 4 members (excludes halogenated alkanes) is 3. The van der Waals surface area contributed by atoms with Crippen LogP contribution in [0.25, 0.3) is 0 Å². The number of benzene rings is 1. The largest absolute Gasteiger partial charge is 0.316 e. The van der Waals surface area contributed by atoms with Crippen molar-refractivity contribution in [1.29, 1.82) is 0 Å². The highest BCUT2D eigenvalue weighted by Crippen LogP contribution is 2.15. The number of rotatable bonds is 10. The fraction of sp³-hybridized carbons (Fsp3) is 0.571. The van der Waals surface area contributed by atoms with Crippen LogP contribution in [0, 0.1) is 0 Å². The maximum absolute atomic E-state index is 3.50. The van der Waals surface area contributed by atoms with Gasteiger partial charge in [0, 0.05) is 22.5 Å². The Hall–Kier alpha value is 0.0100. The van der Waals surface area contributed by atoms with Gasteiger partial charge in [-0.25, -0.2) is 0 Å². The predicted molar refractivity (Wildman–Crippen MR) is 82.3 cm³/mol. The van der Waals surface area contributed by atoms with Crippen LogP contribution in [-0.4, -0.2) is 24.2 Å². The first kappa shape index (κ1) is 15.1. The summed E-state index contributed by atoms with van der Waals surface area (Å²) in [7, 11) is 0. The number of nitrogens with one attached hydrogen (secondary N) is 1. The van der Waals surface area contributed by atoms with E-state index in [2.05, 4.69) is 51.6 Å². The Labute approximate surface area is 118 Å². The minimum absolute atomic E-state index is 1.11. The summed E-state index contributed by atoms with van der Waals surface area (Å²) in [6.07, 6.45) is 5.32. The van der Waals surface area contributed by atoms with Crippen molar-refractivity contribution < 1.29 is 0 Å². The number of thioether (sulfide) groups is 1. The zero-order valence-corrected chi connectivity index (χ0v) is 12.7. The zero-order chi connectivity index (χ0) is 12.2. The lowest BCUT2D eigenvalue weighted by Crippen LogP contribution is -2.18. The SMILES string of the molecule is BrCCCCCCNCCSc1ccccc1. The average molecular weight is 316 g/mol. The fourth-order valence-electron chi connectivity index (χ4n) is 1.58. The molecule has 0 aromatic heterocycles. The minimum Gasteiger partial charge on any atom is -0.316 e. The summed E-state index contributed by atoms with van der Waals surface area (Å²) in [5.74, 6) is 1.16. The standard InChI is InChI=1S/C14H22BrNS/c15-10-6-1-2-7-11-16-12-13-17-14-8-4-3-5-9-14/h3-5,8-9,16H,1-2,6-7,10-13H2. The van der Waals surface area contributed by atoms with E-state index in [-0.39, 0.29) is 0 Å². The van der Waals surface area contributed by atoms with Gasteiger partial charge in [0.1, 0.15) is 0 Å². The normalized spacial score (nSPS) is 10.6. The van der Waals surface area contributed by atoms with Crippen LogP contribution in [0.3, 0.4) is 0 Å². The summed E-state index contributed by atoms with van der Waals surface area (Å²) in [5.41, 5.74) is 0. The summed E-state index contributed by atoms with van der Waals surface area (Å²) in [5, 5.41) is 4.65. The quantitative estimate of drug-likeness (QED) is 0.392. The van der Waals surface area contributed by atoms with E-state index in [4.69, 9.17) is 0 Å². The summed E-state index contributed by atoms with van der Waals surface area (Å²) in [6, 6.07) is 10.6. The Morgan fingerprint density at radius 2 is 1.71 bits per heavy atom. The molecule has 17 heavy (non-hydrogen) atoms. The van der Waals surface area contributed by atoms with Crippen LogP contribution in [0.4, 0.5) is 0 Å². The van der Waals surface area contributed by atoms with Gasteiger partial charge in [0.25, 0.3) is 0 Å². The molecule has 0 aliphatic rings. The van der Waals surface area contributed by atoms with Gasteiger partial charge in [0.2, 0.25) is 0 Å². The molecule has 0 heterocycles. The van der Waals surface area contributed by atoms with Crippen molar-refractivity contribution in [2.45, 2.75) is 30.6 Å². The van der Waals surface area contributed by atoms with Crippen molar-refractivity contribution in [2.75, 3.05) is 24.2 Å². The van der Waals surface area contributed by atoms with E-state index in [9.17, 15) is 0 Å². The number of hydrogen-bond donors (Lipinski definition) is 1. The molecule has 0 radical (unpaired) electrons. The highest BCUT2D eigenvalue weighted by Gasteiger charge is 1.93. The first-order valence-corrected chi connectivity index (χ1v) is 8.48. The molecule has 0 saturated heterocycles. The molecule has 1 rings (SSSR count). The van der Waals surface area contributed by atoms with Crippen LogP contribution in [0.15, 0.2) is 35.2 Å². The van der Waals surface area contributed by atoms with Gasteiger partial charge in [-0.3, -0.25) is 0 Å². The van der Waals surface area contributed by atoms with Gasteiger partial charge in [-0.1, -0.05) is 47.0 Å². The van der Waals surface area contributed by atoms with E-state index in [0.717, 1.165) is 24.2 Å².